The third-order valence-electron chi connectivity index (χ3n) is 4.17. The van der Waals surface area contributed by atoms with Crippen LogP contribution in [-0.4, -0.2) is 76.9 Å². The van der Waals surface area contributed by atoms with Crippen LogP contribution >= 0.6 is 0 Å². The molecule has 25 heavy (non-hydrogen) atoms. The fourth-order valence-corrected chi connectivity index (χ4v) is 2.53. The molecule has 7 heteroatoms. The largest absolute Gasteiger partial charge is 0.379 e. The van der Waals surface area contributed by atoms with Crippen LogP contribution in [0.25, 0.3) is 0 Å². The minimum Gasteiger partial charge on any atom is -0.379 e. The minimum absolute atomic E-state index is 0.0243. The number of amides is 2. The van der Waals surface area contributed by atoms with E-state index in [1.165, 1.54) is 4.90 Å². The molecule has 1 aliphatic rings. The molecule has 0 saturated carbocycles. The number of anilines is 1. The molecule has 1 N–H and O–H groups in total. The molecule has 1 heterocycles. The minimum atomic E-state index is -0.335. The third kappa shape index (κ3) is 5.44. The highest BCUT2D eigenvalue weighted by Gasteiger charge is 2.29. The summed E-state index contributed by atoms with van der Waals surface area (Å²) in [5.41, 5.74) is 1.56. The van der Waals surface area contributed by atoms with Crippen molar-refractivity contribution in [1.82, 2.24) is 10.2 Å². The fraction of sp³-hybridized carbons (Fsp3) is 0.556. The summed E-state index contributed by atoms with van der Waals surface area (Å²) in [6, 6.07) is 7.26. The quantitative estimate of drug-likeness (QED) is 0.820. The lowest BCUT2D eigenvalue weighted by atomic mass is 10.0. The molecule has 0 aliphatic carbocycles. The SMILES string of the molecule is CN(C)C(=O)CO[C@@H]1COCC[C@H]1NC(=O)c1cccc(N(C)C)c1. The van der Waals surface area contributed by atoms with Crippen molar-refractivity contribution in [2.45, 2.75) is 18.6 Å². The second kappa shape index (κ2) is 8.82. The molecular formula is C18H27N3O4. The zero-order valence-corrected chi connectivity index (χ0v) is 15.3. The van der Waals surface area contributed by atoms with E-state index in [1.54, 1.807) is 20.2 Å². The number of ether oxygens (including phenoxy) is 2. The Hall–Kier alpha value is -2.12. The summed E-state index contributed by atoms with van der Waals surface area (Å²) in [6.07, 6.45) is 0.318. The van der Waals surface area contributed by atoms with Crippen LogP contribution in [0.4, 0.5) is 5.69 Å². The van der Waals surface area contributed by atoms with Crippen LogP contribution in [0.3, 0.4) is 0 Å². The molecule has 1 saturated heterocycles. The molecular weight excluding hydrogens is 322 g/mol. The van der Waals surface area contributed by atoms with Crippen molar-refractivity contribution >= 4 is 17.5 Å². The molecule has 0 bridgehead atoms. The van der Waals surface area contributed by atoms with Crippen LogP contribution in [0.2, 0.25) is 0 Å². The first-order valence-electron chi connectivity index (χ1n) is 8.36. The zero-order valence-electron chi connectivity index (χ0n) is 15.3. The van der Waals surface area contributed by atoms with E-state index in [-0.39, 0.29) is 30.6 Å². The summed E-state index contributed by atoms with van der Waals surface area (Å²) in [5.74, 6) is -0.266. The summed E-state index contributed by atoms with van der Waals surface area (Å²) in [4.78, 5) is 27.7. The van der Waals surface area contributed by atoms with Gasteiger partial charge in [-0.15, -0.1) is 0 Å². The maximum atomic E-state index is 12.6. The lowest BCUT2D eigenvalue weighted by molar-refractivity contribution is -0.140. The Labute approximate surface area is 148 Å². The van der Waals surface area contributed by atoms with Crippen LogP contribution in [0, 0.1) is 0 Å². The maximum Gasteiger partial charge on any atom is 0.251 e. The fourth-order valence-electron chi connectivity index (χ4n) is 2.53. The number of hydrogen-bond acceptors (Lipinski definition) is 5. The molecule has 7 nitrogen and oxygen atoms in total. The van der Waals surface area contributed by atoms with Gasteiger partial charge in [-0.3, -0.25) is 9.59 Å². The molecule has 138 valence electrons. The molecule has 0 aromatic heterocycles. The van der Waals surface area contributed by atoms with E-state index >= 15 is 0 Å². The van der Waals surface area contributed by atoms with Crippen LogP contribution < -0.4 is 10.2 Å². The average Bonchev–Trinajstić information content (AvgIpc) is 2.60. The standard InChI is InChI=1S/C18H27N3O4/c1-20(2)14-7-5-6-13(10-14)18(23)19-15-8-9-24-11-16(15)25-12-17(22)21(3)4/h5-7,10,15-16H,8-9,11-12H2,1-4H3,(H,19,23)/t15-,16-/m1/s1. The van der Waals surface area contributed by atoms with E-state index in [4.69, 9.17) is 9.47 Å². The smallest absolute Gasteiger partial charge is 0.251 e. The average molecular weight is 349 g/mol. The van der Waals surface area contributed by atoms with E-state index in [2.05, 4.69) is 5.32 Å². The first kappa shape index (κ1) is 19.2. The highest BCUT2D eigenvalue weighted by atomic mass is 16.5. The molecule has 2 amide bonds. The van der Waals surface area contributed by atoms with Crippen molar-refractivity contribution in [2.75, 3.05) is 52.9 Å². The Morgan fingerprint density at radius 1 is 1.28 bits per heavy atom. The Balaban J connectivity index is 1.99. The van der Waals surface area contributed by atoms with Gasteiger partial charge < -0.3 is 24.6 Å². The van der Waals surface area contributed by atoms with Gasteiger partial charge in [0.15, 0.2) is 0 Å². The number of hydrogen-bond donors (Lipinski definition) is 1. The number of rotatable bonds is 6. The van der Waals surface area contributed by atoms with E-state index in [0.29, 0.717) is 25.2 Å². The third-order valence-corrected chi connectivity index (χ3v) is 4.17. The first-order valence-corrected chi connectivity index (χ1v) is 8.36. The van der Waals surface area contributed by atoms with Gasteiger partial charge in [-0.05, 0) is 24.6 Å². The lowest BCUT2D eigenvalue weighted by Crippen LogP contribution is -2.50. The molecule has 1 fully saturated rings. The first-order chi connectivity index (χ1) is 11.9. The van der Waals surface area contributed by atoms with Gasteiger partial charge in [0.05, 0.1) is 12.6 Å². The van der Waals surface area contributed by atoms with E-state index in [9.17, 15) is 9.59 Å². The van der Waals surface area contributed by atoms with Crippen LogP contribution in [0.15, 0.2) is 24.3 Å². The summed E-state index contributed by atoms with van der Waals surface area (Å²) >= 11 is 0. The Morgan fingerprint density at radius 3 is 2.72 bits per heavy atom. The molecule has 0 radical (unpaired) electrons. The van der Waals surface area contributed by atoms with Gasteiger partial charge in [-0.1, -0.05) is 6.07 Å². The molecule has 0 unspecified atom stereocenters. The molecule has 1 aromatic rings. The predicted octanol–water partition coefficient (Wildman–Crippen LogP) is 0.745. The number of benzene rings is 1. The van der Waals surface area contributed by atoms with Gasteiger partial charge in [0.1, 0.15) is 12.7 Å². The molecule has 0 spiro atoms. The maximum absolute atomic E-state index is 12.6. The van der Waals surface area contributed by atoms with Crippen molar-refractivity contribution in [3.05, 3.63) is 29.8 Å². The van der Waals surface area contributed by atoms with Gasteiger partial charge in [0.2, 0.25) is 5.91 Å². The van der Waals surface area contributed by atoms with Crippen molar-refractivity contribution in [1.29, 1.82) is 0 Å². The topological polar surface area (TPSA) is 71.1 Å². The van der Waals surface area contributed by atoms with Gasteiger partial charge in [0.25, 0.3) is 5.91 Å². The Bertz CT molecular complexity index is 604. The van der Waals surface area contributed by atoms with Crippen molar-refractivity contribution in [3.8, 4) is 0 Å². The number of carbonyl (C=O) groups is 2. The van der Waals surface area contributed by atoms with Crippen LogP contribution in [0.1, 0.15) is 16.8 Å². The number of carbonyl (C=O) groups excluding carboxylic acids is 2. The number of likely N-dealkylation sites (N-methyl/N-ethyl adjacent to an activating group) is 1. The van der Waals surface area contributed by atoms with Crippen molar-refractivity contribution < 1.29 is 19.1 Å². The molecule has 1 aromatic carbocycles. The molecule has 2 rings (SSSR count). The summed E-state index contributed by atoms with van der Waals surface area (Å²) in [7, 11) is 7.22. The van der Waals surface area contributed by atoms with Crippen molar-refractivity contribution in [3.63, 3.8) is 0 Å². The van der Waals surface area contributed by atoms with E-state index < -0.39 is 0 Å². The summed E-state index contributed by atoms with van der Waals surface area (Å²) in [6.45, 7) is 0.900. The van der Waals surface area contributed by atoms with Crippen LogP contribution in [-0.2, 0) is 14.3 Å². The summed E-state index contributed by atoms with van der Waals surface area (Å²) in [5, 5.41) is 3.02. The zero-order chi connectivity index (χ0) is 18.4. The van der Waals surface area contributed by atoms with Gasteiger partial charge in [-0.25, -0.2) is 0 Å². The Kier molecular flexibility index (Phi) is 6.78. The molecule has 1 aliphatic heterocycles. The number of nitrogens with zero attached hydrogens (tertiary/aromatic N) is 2. The summed E-state index contributed by atoms with van der Waals surface area (Å²) < 4.78 is 11.1. The van der Waals surface area contributed by atoms with Crippen LogP contribution in [0.5, 0.6) is 0 Å². The van der Waals surface area contributed by atoms with Gasteiger partial charge in [-0.2, -0.15) is 0 Å². The van der Waals surface area contributed by atoms with Gasteiger partial charge >= 0.3 is 0 Å². The number of nitrogens with one attached hydrogen (secondary N) is 1. The van der Waals surface area contributed by atoms with Gasteiger partial charge in [0, 0.05) is 46.0 Å². The van der Waals surface area contributed by atoms with E-state index in [1.807, 2.05) is 37.2 Å². The predicted molar refractivity (Wildman–Crippen MR) is 95.9 cm³/mol. The molecule has 2 atom stereocenters. The highest BCUT2D eigenvalue weighted by Crippen LogP contribution is 2.16. The van der Waals surface area contributed by atoms with E-state index in [0.717, 1.165) is 5.69 Å². The highest BCUT2D eigenvalue weighted by molar-refractivity contribution is 5.95. The second-order valence-electron chi connectivity index (χ2n) is 6.53. The van der Waals surface area contributed by atoms with Crippen molar-refractivity contribution in [2.24, 2.45) is 0 Å². The monoisotopic (exact) mass is 349 g/mol. The normalized spacial score (nSPS) is 20.0. The second-order valence-corrected chi connectivity index (χ2v) is 6.53. The Morgan fingerprint density at radius 2 is 2.04 bits per heavy atom. The lowest BCUT2D eigenvalue weighted by Gasteiger charge is -2.32.